The van der Waals surface area contributed by atoms with E-state index in [1.165, 1.54) is 109 Å². The van der Waals surface area contributed by atoms with Crippen molar-refractivity contribution in [3.05, 3.63) is 0 Å². The summed E-state index contributed by atoms with van der Waals surface area (Å²) in [6, 6.07) is 1.14. The van der Waals surface area contributed by atoms with Crippen LogP contribution in [-0.2, 0) is 8.85 Å². The largest absolute Gasteiger partial charge is 0.397 e. The predicted molar refractivity (Wildman–Crippen MR) is 109 cm³/mol. The average molecular weight is 358 g/mol. The van der Waals surface area contributed by atoms with Gasteiger partial charge in [0.2, 0.25) is 0 Å². The highest BCUT2D eigenvalue weighted by Crippen LogP contribution is 2.14. The van der Waals surface area contributed by atoms with Crippen molar-refractivity contribution in [3.63, 3.8) is 0 Å². The van der Waals surface area contributed by atoms with Crippen LogP contribution in [0, 0.1) is 0 Å². The molecule has 0 rings (SSSR count). The second-order valence-electron chi connectivity index (χ2n) is 7.19. The van der Waals surface area contributed by atoms with Crippen molar-refractivity contribution in [2.45, 2.75) is 122 Å². The fourth-order valence-electron chi connectivity index (χ4n) is 3.28. The molecule has 145 valence electrons. The topological polar surface area (TPSA) is 18.5 Å². The maximum atomic E-state index is 5.31. The van der Waals surface area contributed by atoms with Crippen LogP contribution in [0.2, 0.25) is 6.04 Å². The van der Waals surface area contributed by atoms with Crippen molar-refractivity contribution in [1.29, 1.82) is 0 Å². The summed E-state index contributed by atoms with van der Waals surface area (Å²) < 4.78 is 10.6. The molecule has 0 bridgehead atoms. The molecule has 0 unspecified atom stereocenters. The van der Waals surface area contributed by atoms with E-state index in [-0.39, 0.29) is 0 Å². The lowest BCUT2D eigenvalue weighted by molar-refractivity contribution is 0.276. The first-order valence-corrected chi connectivity index (χ1v) is 12.3. The first-order valence-electron chi connectivity index (χ1n) is 10.8. The Morgan fingerprint density at radius 2 is 0.750 bits per heavy atom. The van der Waals surface area contributed by atoms with E-state index in [1.807, 2.05) is 0 Å². The Morgan fingerprint density at radius 1 is 0.458 bits per heavy atom. The summed E-state index contributed by atoms with van der Waals surface area (Å²) in [6.45, 7) is 2.29. The zero-order valence-electron chi connectivity index (χ0n) is 17.0. The van der Waals surface area contributed by atoms with Gasteiger partial charge in [-0.2, -0.15) is 0 Å². The molecule has 24 heavy (non-hydrogen) atoms. The van der Waals surface area contributed by atoms with Gasteiger partial charge in [-0.25, -0.2) is 0 Å². The number of rotatable bonds is 20. The Kier molecular flexibility index (Phi) is 21.3. The van der Waals surface area contributed by atoms with Gasteiger partial charge >= 0.3 is 9.28 Å². The quantitative estimate of drug-likeness (QED) is 0.167. The van der Waals surface area contributed by atoms with Gasteiger partial charge in [-0.3, -0.25) is 0 Å². The summed E-state index contributed by atoms with van der Waals surface area (Å²) in [6.07, 6.45) is 24.3. The van der Waals surface area contributed by atoms with E-state index in [0.29, 0.717) is 0 Å². The third kappa shape index (κ3) is 18.5. The monoisotopic (exact) mass is 357 g/mol. The molecular formula is C21H45O2Si. The molecule has 0 spiro atoms. The summed E-state index contributed by atoms with van der Waals surface area (Å²) in [4.78, 5) is 0. The Hall–Kier alpha value is 0.137. The number of unbranched alkanes of at least 4 members (excludes halogenated alkanes) is 16. The molecule has 0 saturated carbocycles. The third-order valence-electron chi connectivity index (χ3n) is 4.94. The molecule has 0 aromatic heterocycles. The minimum absolute atomic E-state index is 0.943. The smallest absolute Gasteiger partial charge is 0.384 e. The van der Waals surface area contributed by atoms with E-state index in [9.17, 15) is 0 Å². The second kappa shape index (κ2) is 21.2. The van der Waals surface area contributed by atoms with Gasteiger partial charge in [0, 0.05) is 14.2 Å². The van der Waals surface area contributed by atoms with Crippen molar-refractivity contribution < 1.29 is 8.85 Å². The molecule has 0 atom stereocenters. The van der Waals surface area contributed by atoms with Crippen molar-refractivity contribution in [1.82, 2.24) is 0 Å². The highest BCUT2D eigenvalue weighted by Gasteiger charge is 2.10. The predicted octanol–water partition coefficient (Wildman–Crippen LogP) is 7.42. The van der Waals surface area contributed by atoms with E-state index in [4.69, 9.17) is 8.85 Å². The molecule has 0 aromatic rings. The molecule has 0 aliphatic heterocycles. The Morgan fingerprint density at radius 3 is 1.04 bits per heavy atom. The summed E-state index contributed by atoms with van der Waals surface area (Å²) >= 11 is 0. The van der Waals surface area contributed by atoms with E-state index < -0.39 is 9.28 Å². The van der Waals surface area contributed by atoms with Crippen LogP contribution in [0.3, 0.4) is 0 Å². The van der Waals surface area contributed by atoms with Gasteiger partial charge in [-0.15, -0.1) is 0 Å². The summed E-state index contributed by atoms with van der Waals surface area (Å²) in [5.74, 6) is 0. The van der Waals surface area contributed by atoms with Crippen LogP contribution in [0.4, 0.5) is 0 Å². The molecule has 0 saturated heterocycles. The van der Waals surface area contributed by atoms with Gasteiger partial charge in [0.15, 0.2) is 0 Å². The van der Waals surface area contributed by atoms with E-state index in [0.717, 1.165) is 6.04 Å². The van der Waals surface area contributed by atoms with E-state index in [1.54, 1.807) is 14.2 Å². The van der Waals surface area contributed by atoms with Crippen molar-refractivity contribution in [3.8, 4) is 0 Å². The fourth-order valence-corrected chi connectivity index (χ4v) is 4.40. The number of hydrogen-bond donors (Lipinski definition) is 0. The normalized spacial score (nSPS) is 11.5. The lowest BCUT2D eigenvalue weighted by atomic mass is 10.0. The first-order chi connectivity index (χ1) is 11.8. The molecule has 0 heterocycles. The highest BCUT2D eigenvalue weighted by molar-refractivity contribution is 6.44. The second-order valence-corrected chi connectivity index (χ2v) is 9.25. The molecule has 0 aromatic carbocycles. The van der Waals surface area contributed by atoms with Crippen molar-refractivity contribution in [2.75, 3.05) is 14.2 Å². The standard InChI is InChI=1S/C21H45O2Si/c1-4-5-6-7-8-9-10-11-12-13-14-15-16-17-18-19-20-21-24(22-2)23-3/h4-21H2,1-3H3. The van der Waals surface area contributed by atoms with Gasteiger partial charge in [-0.1, -0.05) is 116 Å². The third-order valence-corrected chi connectivity index (χ3v) is 6.61. The Bertz CT molecular complexity index is 220. The number of hydrogen-bond acceptors (Lipinski definition) is 2. The van der Waals surface area contributed by atoms with Crippen LogP contribution in [0.15, 0.2) is 0 Å². The van der Waals surface area contributed by atoms with Crippen LogP contribution < -0.4 is 0 Å². The van der Waals surface area contributed by atoms with Gasteiger partial charge in [0.1, 0.15) is 0 Å². The Labute approximate surface area is 154 Å². The SMILES string of the molecule is CCCCCCCCCCCCCCCCCCC[Si](OC)OC. The van der Waals surface area contributed by atoms with Crippen LogP contribution in [0.1, 0.15) is 116 Å². The van der Waals surface area contributed by atoms with E-state index in [2.05, 4.69) is 6.92 Å². The summed E-state index contributed by atoms with van der Waals surface area (Å²) in [7, 11) is 2.60. The molecule has 0 amide bonds. The molecular weight excluding hydrogens is 312 g/mol. The molecule has 3 heteroatoms. The highest BCUT2D eigenvalue weighted by atomic mass is 28.3. The minimum atomic E-state index is -0.943. The van der Waals surface area contributed by atoms with Crippen LogP contribution in [0.5, 0.6) is 0 Å². The van der Waals surface area contributed by atoms with Crippen molar-refractivity contribution >= 4 is 9.28 Å². The molecule has 0 N–H and O–H groups in total. The van der Waals surface area contributed by atoms with Crippen molar-refractivity contribution in [2.24, 2.45) is 0 Å². The lowest BCUT2D eigenvalue weighted by Crippen LogP contribution is -2.18. The van der Waals surface area contributed by atoms with Gasteiger partial charge in [0.25, 0.3) is 0 Å². The maximum Gasteiger partial charge on any atom is 0.384 e. The molecule has 0 fully saturated rings. The van der Waals surface area contributed by atoms with Gasteiger partial charge in [-0.05, 0) is 6.04 Å². The molecule has 0 aliphatic rings. The summed E-state index contributed by atoms with van der Waals surface area (Å²) in [5.41, 5.74) is 0. The Balaban J connectivity index is 3.03. The molecule has 0 aliphatic carbocycles. The molecule has 1 radical (unpaired) electrons. The van der Waals surface area contributed by atoms with Crippen LogP contribution in [0.25, 0.3) is 0 Å². The van der Waals surface area contributed by atoms with Gasteiger partial charge in [0.05, 0.1) is 0 Å². The van der Waals surface area contributed by atoms with E-state index >= 15 is 0 Å². The first kappa shape index (κ1) is 24.1. The zero-order chi connectivity index (χ0) is 17.7. The lowest BCUT2D eigenvalue weighted by Gasteiger charge is -2.08. The van der Waals surface area contributed by atoms with Gasteiger partial charge < -0.3 is 8.85 Å². The summed E-state index contributed by atoms with van der Waals surface area (Å²) in [5, 5.41) is 0. The molecule has 2 nitrogen and oxygen atoms in total. The maximum absolute atomic E-state index is 5.31. The zero-order valence-corrected chi connectivity index (χ0v) is 18.0. The fraction of sp³-hybridized carbons (Fsp3) is 1.00. The minimum Gasteiger partial charge on any atom is -0.397 e. The van der Waals surface area contributed by atoms with Crippen LogP contribution >= 0.6 is 0 Å². The average Bonchev–Trinajstić information content (AvgIpc) is 2.61. The van der Waals surface area contributed by atoms with Crippen LogP contribution in [-0.4, -0.2) is 23.5 Å².